The average molecular weight is 289 g/mol. The number of nitro groups is 1. The van der Waals surface area contributed by atoms with E-state index in [1.54, 1.807) is 12.4 Å². The van der Waals surface area contributed by atoms with Crippen LogP contribution >= 0.6 is 0 Å². The number of nitrogens with one attached hydrogen (secondary N) is 1. The van der Waals surface area contributed by atoms with Crippen molar-refractivity contribution < 1.29 is 14.5 Å². The Morgan fingerprint density at radius 3 is 3.00 bits per heavy atom. The fourth-order valence-corrected chi connectivity index (χ4v) is 1.82. The number of nitrogens with zero attached hydrogens (tertiary/aromatic N) is 2. The smallest absolute Gasteiger partial charge is 0.270 e. The normalized spacial score (nSPS) is 10.5. The molecule has 0 saturated carbocycles. The van der Waals surface area contributed by atoms with E-state index < -0.39 is 4.92 Å². The fraction of sp³-hybridized carbons (Fsp3) is 0.286. The fourth-order valence-electron chi connectivity index (χ4n) is 1.82. The van der Waals surface area contributed by atoms with Gasteiger partial charge in [0.2, 0.25) is 0 Å². The number of hydrogen-bond acceptors (Lipinski definition) is 5. The molecule has 21 heavy (non-hydrogen) atoms. The third-order valence-electron chi connectivity index (χ3n) is 2.89. The molecule has 0 bridgehead atoms. The summed E-state index contributed by atoms with van der Waals surface area (Å²) in [6, 6.07) is 5.64. The van der Waals surface area contributed by atoms with Gasteiger partial charge in [0.1, 0.15) is 6.61 Å². The van der Waals surface area contributed by atoms with Crippen LogP contribution in [0.3, 0.4) is 0 Å². The zero-order chi connectivity index (χ0) is 15.1. The number of benzene rings is 1. The van der Waals surface area contributed by atoms with Crippen LogP contribution in [0.1, 0.15) is 22.5 Å². The predicted molar refractivity (Wildman–Crippen MR) is 75.2 cm³/mol. The van der Waals surface area contributed by atoms with Crippen LogP contribution in [0.5, 0.6) is 0 Å². The minimum atomic E-state index is -0.526. The lowest BCUT2D eigenvalue weighted by Crippen LogP contribution is -2.10. The summed E-state index contributed by atoms with van der Waals surface area (Å²) in [5.74, 6) is -0.265. The van der Waals surface area contributed by atoms with E-state index in [9.17, 15) is 14.9 Å². The second-order valence-corrected chi connectivity index (χ2v) is 4.45. The maximum atomic E-state index is 11.8. The van der Waals surface area contributed by atoms with Gasteiger partial charge in [-0.2, -0.15) is 0 Å². The third kappa shape index (κ3) is 4.50. The van der Waals surface area contributed by atoms with Gasteiger partial charge in [-0.3, -0.25) is 14.9 Å². The molecule has 0 saturated heterocycles. The number of Topliss-reactive ketones (excluding diaryl/α,β-unsaturated/α-hetero) is 1. The van der Waals surface area contributed by atoms with Crippen molar-refractivity contribution in [2.24, 2.45) is 0 Å². The number of aromatic amines is 1. The molecule has 0 aliphatic rings. The Kier molecular flexibility index (Phi) is 5.16. The zero-order valence-corrected chi connectivity index (χ0v) is 11.3. The van der Waals surface area contributed by atoms with Crippen molar-refractivity contribution in [1.29, 1.82) is 0 Å². The van der Waals surface area contributed by atoms with Crippen LogP contribution in [0.2, 0.25) is 0 Å². The van der Waals surface area contributed by atoms with Crippen molar-refractivity contribution in [2.75, 3.05) is 13.2 Å². The number of nitro benzene ring substituents is 1. The lowest BCUT2D eigenvalue weighted by molar-refractivity contribution is -0.384. The maximum absolute atomic E-state index is 11.8. The molecule has 7 nitrogen and oxygen atoms in total. The Labute approximate surface area is 121 Å². The van der Waals surface area contributed by atoms with Crippen molar-refractivity contribution in [2.45, 2.75) is 12.8 Å². The number of carbonyl (C=O) groups is 1. The van der Waals surface area contributed by atoms with Crippen molar-refractivity contribution in [3.63, 3.8) is 0 Å². The van der Waals surface area contributed by atoms with Crippen LogP contribution in [-0.4, -0.2) is 33.9 Å². The molecule has 1 heterocycles. The van der Waals surface area contributed by atoms with E-state index in [0.29, 0.717) is 6.61 Å². The topological polar surface area (TPSA) is 98.1 Å². The molecule has 2 aromatic rings. The highest BCUT2D eigenvalue weighted by atomic mass is 16.6. The van der Waals surface area contributed by atoms with Crippen LogP contribution in [0, 0.1) is 10.1 Å². The van der Waals surface area contributed by atoms with E-state index in [4.69, 9.17) is 4.74 Å². The summed E-state index contributed by atoms with van der Waals surface area (Å²) in [6.07, 6.45) is 4.96. The first kappa shape index (κ1) is 14.9. The molecule has 0 spiro atoms. The molecule has 1 aromatic heterocycles. The van der Waals surface area contributed by atoms with Crippen molar-refractivity contribution >= 4 is 11.5 Å². The number of hydrogen-bond donors (Lipinski definition) is 1. The largest absolute Gasteiger partial charge is 0.373 e. The number of ketones is 1. The van der Waals surface area contributed by atoms with Gasteiger partial charge >= 0.3 is 0 Å². The van der Waals surface area contributed by atoms with Crippen LogP contribution < -0.4 is 0 Å². The Bertz CT molecular complexity index is 610. The molecule has 0 atom stereocenters. The molecule has 7 heteroatoms. The van der Waals surface area contributed by atoms with Gasteiger partial charge in [0.15, 0.2) is 5.78 Å². The number of imidazole rings is 1. The van der Waals surface area contributed by atoms with Gasteiger partial charge in [0.05, 0.1) is 16.9 Å². The molecule has 1 aromatic carbocycles. The van der Waals surface area contributed by atoms with Gasteiger partial charge in [0, 0.05) is 30.5 Å². The first-order chi connectivity index (χ1) is 10.2. The summed E-state index contributed by atoms with van der Waals surface area (Å²) in [5.41, 5.74) is 1.14. The molecule has 0 amide bonds. The summed E-state index contributed by atoms with van der Waals surface area (Å²) < 4.78 is 5.29. The van der Waals surface area contributed by atoms with Crippen LogP contribution in [-0.2, 0) is 11.2 Å². The second kappa shape index (κ2) is 7.30. The maximum Gasteiger partial charge on any atom is 0.270 e. The van der Waals surface area contributed by atoms with E-state index >= 15 is 0 Å². The number of non-ortho nitro benzene ring substituents is 1. The number of carbonyl (C=O) groups excluding carboxylic acids is 1. The van der Waals surface area contributed by atoms with Gasteiger partial charge in [-0.1, -0.05) is 12.1 Å². The molecular formula is C14H15N3O4. The van der Waals surface area contributed by atoms with Crippen molar-refractivity contribution in [1.82, 2.24) is 9.97 Å². The van der Waals surface area contributed by atoms with E-state index in [2.05, 4.69) is 9.97 Å². The Morgan fingerprint density at radius 2 is 2.29 bits per heavy atom. The Balaban J connectivity index is 1.74. The molecule has 0 aliphatic carbocycles. The summed E-state index contributed by atoms with van der Waals surface area (Å²) in [7, 11) is 0. The lowest BCUT2D eigenvalue weighted by Gasteiger charge is -2.03. The van der Waals surface area contributed by atoms with Crippen LogP contribution in [0.25, 0.3) is 0 Å². The Hall–Kier alpha value is -2.54. The number of ether oxygens (including phenoxy) is 1. The SMILES string of the molecule is O=C(COCCCc1c[nH]cn1)c1cccc([N+](=O)[O-])c1. The molecular weight excluding hydrogens is 274 g/mol. The number of H-pyrrole nitrogens is 1. The molecule has 0 aliphatic heterocycles. The quantitative estimate of drug-likeness (QED) is 0.347. The van der Waals surface area contributed by atoms with Gasteiger partial charge in [-0.25, -0.2) is 4.98 Å². The van der Waals surface area contributed by atoms with E-state index in [1.165, 1.54) is 18.2 Å². The van der Waals surface area contributed by atoms with Gasteiger partial charge < -0.3 is 9.72 Å². The second-order valence-electron chi connectivity index (χ2n) is 4.45. The highest BCUT2D eigenvalue weighted by Crippen LogP contribution is 2.13. The highest BCUT2D eigenvalue weighted by molar-refractivity contribution is 5.97. The Morgan fingerprint density at radius 1 is 1.43 bits per heavy atom. The summed E-state index contributed by atoms with van der Waals surface area (Å²) in [6.45, 7) is 0.356. The van der Waals surface area contributed by atoms with Crippen molar-refractivity contribution in [3.8, 4) is 0 Å². The summed E-state index contributed by atoms with van der Waals surface area (Å²) in [4.78, 5) is 28.9. The molecule has 0 fully saturated rings. The van der Waals surface area contributed by atoms with Gasteiger partial charge in [0.25, 0.3) is 5.69 Å². The van der Waals surface area contributed by atoms with Crippen molar-refractivity contribution in [3.05, 3.63) is 58.2 Å². The minimum Gasteiger partial charge on any atom is -0.373 e. The van der Waals surface area contributed by atoms with Gasteiger partial charge in [-0.15, -0.1) is 0 Å². The minimum absolute atomic E-state index is 0.0816. The van der Waals surface area contributed by atoms with E-state index in [0.717, 1.165) is 18.5 Å². The first-order valence-electron chi connectivity index (χ1n) is 6.50. The highest BCUT2D eigenvalue weighted by Gasteiger charge is 2.11. The predicted octanol–water partition coefficient (Wildman–Crippen LogP) is 2.15. The zero-order valence-electron chi connectivity index (χ0n) is 11.3. The van der Waals surface area contributed by atoms with Crippen LogP contribution in [0.15, 0.2) is 36.8 Å². The summed E-state index contributed by atoms with van der Waals surface area (Å²) in [5, 5.41) is 10.6. The first-order valence-corrected chi connectivity index (χ1v) is 6.50. The monoisotopic (exact) mass is 289 g/mol. The number of aryl methyl sites for hydroxylation is 1. The number of aromatic nitrogens is 2. The lowest BCUT2D eigenvalue weighted by atomic mass is 10.1. The average Bonchev–Trinajstić information content (AvgIpc) is 3.00. The van der Waals surface area contributed by atoms with E-state index in [-0.39, 0.29) is 23.6 Å². The molecule has 2 rings (SSSR count). The third-order valence-corrected chi connectivity index (χ3v) is 2.89. The molecule has 0 radical (unpaired) electrons. The van der Waals surface area contributed by atoms with E-state index in [1.807, 2.05) is 6.20 Å². The molecule has 110 valence electrons. The molecule has 0 unspecified atom stereocenters. The molecule has 1 N–H and O–H groups in total. The van der Waals surface area contributed by atoms with Gasteiger partial charge in [-0.05, 0) is 12.8 Å². The summed E-state index contributed by atoms with van der Waals surface area (Å²) >= 11 is 0. The standard InChI is InChI=1S/C14H15N3O4/c18-14(11-3-1-5-13(7-11)17(19)20)9-21-6-2-4-12-8-15-10-16-12/h1,3,5,7-8,10H,2,4,6,9H2,(H,15,16). The van der Waals surface area contributed by atoms with Crippen LogP contribution in [0.4, 0.5) is 5.69 Å². The number of rotatable bonds is 8.